The molecule has 0 aliphatic rings. The zero-order valence-corrected chi connectivity index (χ0v) is 10.6. The molecule has 0 unspecified atom stereocenters. The predicted molar refractivity (Wildman–Crippen MR) is 66.2 cm³/mol. The number of aromatic nitrogens is 3. The smallest absolute Gasteiger partial charge is 0.267 e. The minimum absolute atomic E-state index is 0.132. The maximum Gasteiger partial charge on any atom is 0.267 e. The van der Waals surface area contributed by atoms with E-state index in [0.717, 1.165) is 6.07 Å². The predicted octanol–water partition coefficient (Wildman–Crippen LogP) is 0.702. The standard InChI is InChI=1S/C10H10FN5O2S/c1-6-4-7(12)5-8(9(6)11)19(17,18)16-10-13-2-3-14-15-10/h2-5H,12H2,1H3,(H,13,15,16). The molecule has 9 heteroatoms. The van der Waals surface area contributed by atoms with E-state index in [4.69, 9.17) is 5.73 Å². The Morgan fingerprint density at radius 2 is 2.05 bits per heavy atom. The molecule has 0 saturated heterocycles. The van der Waals surface area contributed by atoms with Crippen LogP contribution >= 0.6 is 0 Å². The minimum Gasteiger partial charge on any atom is -0.399 e. The molecule has 100 valence electrons. The van der Waals surface area contributed by atoms with Crippen molar-refractivity contribution in [3.05, 3.63) is 35.9 Å². The van der Waals surface area contributed by atoms with Gasteiger partial charge in [0.15, 0.2) is 0 Å². The minimum atomic E-state index is -4.16. The van der Waals surface area contributed by atoms with E-state index in [9.17, 15) is 12.8 Å². The lowest BCUT2D eigenvalue weighted by Gasteiger charge is -2.09. The third kappa shape index (κ3) is 2.76. The molecule has 1 heterocycles. The number of hydrogen-bond acceptors (Lipinski definition) is 6. The van der Waals surface area contributed by atoms with Gasteiger partial charge in [-0.05, 0) is 24.6 Å². The molecule has 0 radical (unpaired) electrons. The summed E-state index contributed by atoms with van der Waals surface area (Å²) in [5.74, 6) is -1.12. The molecule has 1 aromatic heterocycles. The SMILES string of the molecule is Cc1cc(N)cc(S(=O)(=O)Nc2nccnn2)c1F. The summed E-state index contributed by atoms with van der Waals surface area (Å²) in [5, 5.41) is 6.92. The molecule has 0 bridgehead atoms. The average molecular weight is 283 g/mol. The molecule has 0 aliphatic carbocycles. The molecule has 0 fully saturated rings. The summed E-state index contributed by atoms with van der Waals surface area (Å²) < 4.78 is 39.9. The van der Waals surface area contributed by atoms with Crippen LogP contribution in [0.2, 0.25) is 0 Å². The van der Waals surface area contributed by atoms with Crippen molar-refractivity contribution in [1.82, 2.24) is 15.2 Å². The fourth-order valence-corrected chi connectivity index (χ4v) is 2.56. The summed E-state index contributed by atoms with van der Waals surface area (Å²) in [4.78, 5) is 3.09. The highest BCUT2D eigenvalue weighted by molar-refractivity contribution is 7.92. The summed E-state index contributed by atoms with van der Waals surface area (Å²) in [7, 11) is -4.16. The normalized spacial score (nSPS) is 11.3. The fourth-order valence-electron chi connectivity index (χ4n) is 1.43. The van der Waals surface area contributed by atoms with Crippen molar-refractivity contribution in [3.63, 3.8) is 0 Å². The number of nitrogens with one attached hydrogen (secondary N) is 1. The number of benzene rings is 1. The number of hydrogen-bond donors (Lipinski definition) is 2. The highest BCUT2D eigenvalue weighted by atomic mass is 32.2. The first kappa shape index (κ1) is 13.1. The van der Waals surface area contributed by atoms with E-state index in [1.54, 1.807) is 0 Å². The van der Waals surface area contributed by atoms with Crippen LogP contribution < -0.4 is 10.5 Å². The van der Waals surface area contributed by atoms with Crippen LogP contribution in [0.25, 0.3) is 0 Å². The first-order chi connectivity index (χ1) is 8.90. The number of nitrogens with two attached hydrogens (primary N) is 1. The van der Waals surface area contributed by atoms with Crippen molar-refractivity contribution in [2.75, 3.05) is 10.5 Å². The van der Waals surface area contributed by atoms with Gasteiger partial charge in [0.2, 0.25) is 0 Å². The Labute approximate surface area is 108 Å². The monoisotopic (exact) mass is 283 g/mol. The van der Waals surface area contributed by atoms with Crippen LogP contribution in [0.4, 0.5) is 16.0 Å². The summed E-state index contributed by atoms with van der Waals surface area (Å²) in [6, 6.07) is 2.37. The Kier molecular flexibility index (Phi) is 3.30. The molecule has 1 aromatic carbocycles. The van der Waals surface area contributed by atoms with E-state index in [0.29, 0.717) is 0 Å². The lowest BCUT2D eigenvalue weighted by atomic mass is 10.2. The largest absolute Gasteiger partial charge is 0.399 e. The molecular formula is C10H10FN5O2S. The van der Waals surface area contributed by atoms with E-state index in [-0.39, 0.29) is 17.2 Å². The molecule has 0 spiro atoms. The second-order valence-corrected chi connectivity index (χ2v) is 5.37. The van der Waals surface area contributed by atoms with E-state index in [1.165, 1.54) is 25.4 Å². The lowest BCUT2D eigenvalue weighted by Crippen LogP contribution is -2.17. The van der Waals surface area contributed by atoms with E-state index in [2.05, 4.69) is 15.2 Å². The summed E-state index contributed by atoms with van der Waals surface area (Å²) in [5.41, 5.74) is 5.79. The topological polar surface area (TPSA) is 111 Å². The Hall–Kier alpha value is -2.29. The van der Waals surface area contributed by atoms with Gasteiger partial charge in [0.1, 0.15) is 10.7 Å². The van der Waals surface area contributed by atoms with Crippen molar-refractivity contribution in [1.29, 1.82) is 0 Å². The second-order valence-electron chi connectivity index (χ2n) is 3.72. The maximum absolute atomic E-state index is 13.8. The average Bonchev–Trinajstić information content (AvgIpc) is 2.34. The first-order valence-electron chi connectivity index (χ1n) is 5.12. The van der Waals surface area contributed by atoms with Crippen molar-refractivity contribution in [2.45, 2.75) is 11.8 Å². The highest BCUT2D eigenvalue weighted by Crippen LogP contribution is 2.22. The van der Waals surface area contributed by atoms with Gasteiger partial charge in [0.05, 0.1) is 12.4 Å². The van der Waals surface area contributed by atoms with E-state index < -0.39 is 20.7 Å². The Bertz CT molecular complexity index is 705. The Morgan fingerprint density at radius 1 is 1.32 bits per heavy atom. The fraction of sp³-hybridized carbons (Fsp3) is 0.100. The zero-order chi connectivity index (χ0) is 14.0. The quantitative estimate of drug-likeness (QED) is 0.802. The maximum atomic E-state index is 13.8. The van der Waals surface area contributed by atoms with Crippen molar-refractivity contribution in [2.24, 2.45) is 0 Å². The van der Waals surface area contributed by atoms with Crippen LogP contribution in [-0.4, -0.2) is 23.6 Å². The number of rotatable bonds is 3. The number of aryl methyl sites for hydroxylation is 1. The zero-order valence-electron chi connectivity index (χ0n) is 9.83. The summed E-state index contributed by atoms with van der Waals surface area (Å²) in [6.45, 7) is 1.42. The van der Waals surface area contributed by atoms with E-state index in [1.807, 2.05) is 4.72 Å². The van der Waals surface area contributed by atoms with Crippen molar-refractivity contribution >= 4 is 21.7 Å². The number of anilines is 2. The van der Waals surface area contributed by atoms with Gasteiger partial charge in [-0.3, -0.25) is 0 Å². The molecule has 19 heavy (non-hydrogen) atoms. The molecule has 0 saturated carbocycles. The Balaban J connectivity index is 2.46. The molecule has 0 aliphatic heterocycles. The molecular weight excluding hydrogens is 273 g/mol. The number of nitrogen functional groups attached to an aromatic ring is 1. The van der Waals surface area contributed by atoms with Crippen LogP contribution in [0.5, 0.6) is 0 Å². The Morgan fingerprint density at radius 3 is 2.68 bits per heavy atom. The number of nitrogens with zero attached hydrogens (tertiary/aromatic N) is 3. The van der Waals surface area contributed by atoms with Gasteiger partial charge in [-0.25, -0.2) is 22.5 Å². The van der Waals surface area contributed by atoms with Gasteiger partial charge in [0, 0.05) is 5.69 Å². The van der Waals surface area contributed by atoms with E-state index >= 15 is 0 Å². The van der Waals surface area contributed by atoms with Gasteiger partial charge in [-0.15, -0.1) is 5.10 Å². The highest BCUT2D eigenvalue weighted by Gasteiger charge is 2.22. The van der Waals surface area contributed by atoms with Gasteiger partial charge in [-0.2, -0.15) is 5.10 Å². The third-order valence-electron chi connectivity index (χ3n) is 2.24. The number of sulfonamides is 1. The van der Waals surface area contributed by atoms with Gasteiger partial charge in [-0.1, -0.05) is 0 Å². The number of halogens is 1. The van der Waals surface area contributed by atoms with Crippen LogP contribution in [0.1, 0.15) is 5.56 Å². The lowest BCUT2D eigenvalue weighted by molar-refractivity contribution is 0.565. The van der Waals surface area contributed by atoms with Crippen molar-refractivity contribution in [3.8, 4) is 0 Å². The first-order valence-corrected chi connectivity index (χ1v) is 6.60. The van der Waals surface area contributed by atoms with Crippen LogP contribution in [0.3, 0.4) is 0 Å². The molecule has 3 N–H and O–H groups in total. The van der Waals surface area contributed by atoms with Crippen LogP contribution in [-0.2, 0) is 10.0 Å². The van der Waals surface area contributed by atoms with Gasteiger partial charge in [0.25, 0.3) is 16.0 Å². The van der Waals surface area contributed by atoms with Crippen LogP contribution in [0, 0.1) is 12.7 Å². The summed E-state index contributed by atoms with van der Waals surface area (Å²) in [6.07, 6.45) is 2.54. The molecule has 0 atom stereocenters. The third-order valence-corrected chi connectivity index (χ3v) is 3.57. The molecule has 2 rings (SSSR count). The molecule has 2 aromatic rings. The van der Waals surface area contributed by atoms with Crippen molar-refractivity contribution < 1.29 is 12.8 Å². The van der Waals surface area contributed by atoms with Gasteiger partial charge >= 0.3 is 0 Å². The van der Waals surface area contributed by atoms with Crippen LogP contribution in [0.15, 0.2) is 29.4 Å². The molecule has 0 amide bonds. The molecule has 7 nitrogen and oxygen atoms in total. The second kappa shape index (κ2) is 4.76. The summed E-state index contributed by atoms with van der Waals surface area (Å²) >= 11 is 0. The van der Waals surface area contributed by atoms with Gasteiger partial charge < -0.3 is 5.73 Å².